The highest BCUT2D eigenvalue weighted by atomic mass is 16.6. The fourth-order valence-corrected chi connectivity index (χ4v) is 4.51. The molecule has 4 rings (SSSR count). The molecule has 2 amide bonds. The molecule has 0 bridgehead atoms. The number of fused-ring (bicyclic) bond motifs is 1. The van der Waals surface area contributed by atoms with Gasteiger partial charge in [0.1, 0.15) is 0 Å². The van der Waals surface area contributed by atoms with Gasteiger partial charge >= 0.3 is 5.97 Å². The Kier molecular flexibility index (Phi) is 6.04. The Morgan fingerprint density at radius 3 is 2.48 bits per heavy atom. The van der Waals surface area contributed by atoms with Crippen molar-refractivity contribution in [2.75, 3.05) is 11.5 Å². The van der Waals surface area contributed by atoms with Crippen molar-refractivity contribution in [1.29, 1.82) is 0 Å². The van der Waals surface area contributed by atoms with Gasteiger partial charge < -0.3 is 4.74 Å². The van der Waals surface area contributed by atoms with Gasteiger partial charge in [0.05, 0.1) is 28.0 Å². The van der Waals surface area contributed by atoms with Gasteiger partial charge in [0.25, 0.3) is 5.69 Å². The minimum Gasteiger partial charge on any atom is -0.454 e. The second-order valence-corrected chi connectivity index (χ2v) is 8.50. The third-order valence-corrected chi connectivity index (χ3v) is 6.24. The number of carbonyl (C=O) groups is 4. The number of hydrogen-bond acceptors (Lipinski definition) is 7. The Labute approximate surface area is 189 Å². The van der Waals surface area contributed by atoms with Crippen LogP contribution in [0.2, 0.25) is 0 Å². The number of carbonyl (C=O) groups excluding carboxylic acids is 4. The molecule has 170 valence electrons. The van der Waals surface area contributed by atoms with Gasteiger partial charge in [0.15, 0.2) is 6.61 Å². The molecular formula is C24H22N2O7. The molecule has 2 aliphatic rings. The fraction of sp³-hybridized carbons (Fsp3) is 0.333. The van der Waals surface area contributed by atoms with E-state index >= 15 is 0 Å². The average Bonchev–Trinajstić information content (AvgIpc) is 3.06. The molecule has 1 heterocycles. The van der Waals surface area contributed by atoms with Crippen molar-refractivity contribution < 1.29 is 28.8 Å². The number of nitrogens with zero attached hydrogens (tertiary/aromatic N) is 2. The van der Waals surface area contributed by atoms with Crippen molar-refractivity contribution in [2.24, 2.45) is 17.8 Å². The lowest BCUT2D eigenvalue weighted by atomic mass is 9.76. The van der Waals surface area contributed by atoms with Crippen LogP contribution in [0.1, 0.15) is 46.9 Å². The highest BCUT2D eigenvalue weighted by Gasteiger charge is 2.50. The van der Waals surface area contributed by atoms with Gasteiger partial charge in [-0.1, -0.05) is 25.1 Å². The first kappa shape index (κ1) is 22.3. The first-order chi connectivity index (χ1) is 15.8. The number of imide groups is 1. The predicted molar refractivity (Wildman–Crippen MR) is 117 cm³/mol. The summed E-state index contributed by atoms with van der Waals surface area (Å²) in [5.41, 5.74) is 0.195. The maximum absolute atomic E-state index is 12.9. The average molecular weight is 450 g/mol. The second-order valence-electron chi connectivity index (χ2n) is 8.50. The Hall–Kier alpha value is -3.88. The first-order valence-corrected chi connectivity index (χ1v) is 10.7. The van der Waals surface area contributed by atoms with Gasteiger partial charge in [0, 0.05) is 17.7 Å². The number of ketones is 1. The molecule has 9 nitrogen and oxygen atoms in total. The Morgan fingerprint density at radius 2 is 1.73 bits per heavy atom. The van der Waals surface area contributed by atoms with Crippen LogP contribution in [-0.4, -0.2) is 35.1 Å². The molecule has 3 atom stereocenters. The molecule has 2 fully saturated rings. The van der Waals surface area contributed by atoms with Crippen molar-refractivity contribution in [1.82, 2.24) is 0 Å². The topological polar surface area (TPSA) is 124 Å². The molecule has 1 saturated carbocycles. The minimum absolute atomic E-state index is 0.0517. The van der Waals surface area contributed by atoms with Crippen molar-refractivity contribution >= 4 is 34.9 Å². The SMILES string of the molecule is C[C@H]1CC[C@@H]2C(=O)N(c3cccc(C(=O)OCC(=O)c4cccc([N+](=O)[O-])c4)c3)C(=O)[C@@H]2C1. The van der Waals surface area contributed by atoms with E-state index in [1.54, 1.807) is 12.1 Å². The Bertz CT molecular complexity index is 1160. The lowest BCUT2D eigenvalue weighted by molar-refractivity contribution is -0.384. The van der Waals surface area contributed by atoms with E-state index < -0.39 is 23.3 Å². The smallest absolute Gasteiger partial charge is 0.338 e. The molecule has 0 spiro atoms. The van der Waals surface area contributed by atoms with Crippen LogP contribution in [0.15, 0.2) is 48.5 Å². The zero-order chi connectivity index (χ0) is 23.7. The van der Waals surface area contributed by atoms with Crippen LogP contribution in [0.4, 0.5) is 11.4 Å². The molecule has 0 unspecified atom stereocenters. The summed E-state index contributed by atoms with van der Waals surface area (Å²) in [6.45, 7) is 1.47. The summed E-state index contributed by atoms with van der Waals surface area (Å²) in [6.07, 6.45) is 2.25. The van der Waals surface area contributed by atoms with E-state index in [4.69, 9.17) is 4.74 Å². The summed E-state index contributed by atoms with van der Waals surface area (Å²) >= 11 is 0. The number of nitro groups is 1. The third kappa shape index (κ3) is 4.39. The largest absolute Gasteiger partial charge is 0.454 e. The van der Waals surface area contributed by atoms with E-state index in [2.05, 4.69) is 6.92 Å². The number of esters is 1. The zero-order valence-corrected chi connectivity index (χ0v) is 17.9. The minimum atomic E-state index is -0.805. The van der Waals surface area contributed by atoms with Gasteiger partial charge in [-0.05, 0) is 43.4 Å². The summed E-state index contributed by atoms with van der Waals surface area (Å²) in [6, 6.07) is 11.1. The number of non-ortho nitro benzene ring substituents is 1. The molecule has 33 heavy (non-hydrogen) atoms. The molecular weight excluding hydrogens is 428 g/mol. The first-order valence-electron chi connectivity index (χ1n) is 10.7. The number of Topliss-reactive ketones (excluding diaryl/α,β-unsaturated/α-hetero) is 1. The van der Waals surface area contributed by atoms with Crippen molar-refractivity contribution in [3.8, 4) is 0 Å². The van der Waals surface area contributed by atoms with Crippen molar-refractivity contribution in [3.63, 3.8) is 0 Å². The maximum atomic E-state index is 12.9. The summed E-state index contributed by atoms with van der Waals surface area (Å²) in [7, 11) is 0. The molecule has 9 heteroatoms. The molecule has 1 aliphatic carbocycles. The quantitative estimate of drug-likeness (QED) is 0.217. The number of ether oxygens (including phenoxy) is 1. The summed E-state index contributed by atoms with van der Waals surface area (Å²) in [4.78, 5) is 62.0. The summed E-state index contributed by atoms with van der Waals surface area (Å²) in [5.74, 6) is -2.16. The number of benzene rings is 2. The molecule has 2 aromatic rings. The molecule has 0 radical (unpaired) electrons. The maximum Gasteiger partial charge on any atom is 0.338 e. The molecule has 2 aromatic carbocycles. The highest BCUT2D eigenvalue weighted by molar-refractivity contribution is 6.22. The Morgan fingerprint density at radius 1 is 1.03 bits per heavy atom. The van der Waals surface area contributed by atoms with Gasteiger partial charge in [-0.2, -0.15) is 0 Å². The molecule has 0 N–H and O–H groups in total. The summed E-state index contributed by atoms with van der Waals surface area (Å²) in [5, 5.41) is 10.9. The molecule has 1 saturated heterocycles. The zero-order valence-electron chi connectivity index (χ0n) is 17.9. The van der Waals surface area contributed by atoms with Crippen LogP contribution < -0.4 is 4.90 Å². The van der Waals surface area contributed by atoms with E-state index in [0.717, 1.165) is 17.4 Å². The molecule has 0 aromatic heterocycles. The second kappa shape index (κ2) is 8.93. The monoisotopic (exact) mass is 450 g/mol. The van der Waals surface area contributed by atoms with Crippen LogP contribution in [0.5, 0.6) is 0 Å². The lowest BCUT2D eigenvalue weighted by Gasteiger charge is -2.25. The van der Waals surface area contributed by atoms with Crippen molar-refractivity contribution in [3.05, 3.63) is 69.8 Å². The van der Waals surface area contributed by atoms with E-state index in [1.807, 2.05) is 0 Å². The normalized spacial score (nSPS) is 22.1. The van der Waals surface area contributed by atoms with Crippen LogP contribution in [0.25, 0.3) is 0 Å². The molecule has 1 aliphatic heterocycles. The van der Waals surface area contributed by atoms with Crippen LogP contribution in [0, 0.1) is 27.9 Å². The third-order valence-electron chi connectivity index (χ3n) is 6.24. The lowest BCUT2D eigenvalue weighted by Crippen LogP contribution is -2.31. The number of amides is 2. The number of rotatable bonds is 6. The van der Waals surface area contributed by atoms with Gasteiger partial charge in [0.2, 0.25) is 17.6 Å². The van der Waals surface area contributed by atoms with Crippen LogP contribution >= 0.6 is 0 Å². The highest BCUT2D eigenvalue weighted by Crippen LogP contribution is 2.42. The van der Waals surface area contributed by atoms with E-state index in [1.165, 1.54) is 30.3 Å². The number of nitro benzene ring substituents is 1. The van der Waals surface area contributed by atoms with E-state index in [9.17, 15) is 29.3 Å². The van der Waals surface area contributed by atoms with Crippen molar-refractivity contribution in [2.45, 2.75) is 26.2 Å². The van der Waals surface area contributed by atoms with Crippen LogP contribution in [-0.2, 0) is 14.3 Å². The standard InChI is InChI=1S/C24H22N2O7/c1-14-8-9-19-20(10-14)23(29)25(22(19)28)17-6-3-5-16(12-17)24(30)33-13-21(27)15-4-2-7-18(11-15)26(31)32/h2-7,11-12,14,19-20H,8-10,13H2,1H3/t14-,19-,20+/m0/s1. The van der Waals surface area contributed by atoms with E-state index in [0.29, 0.717) is 24.4 Å². The summed E-state index contributed by atoms with van der Waals surface area (Å²) < 4.78 is 5.08. The predicted octanol–water partition coefficient (Wildman–Crippen LogP) is 3.56. The van der Waals surface area contributed by atoms with Crippen LogP contribution in [0.3, 0.4) is 0 Å². The van der Waals surface area contributed by atoms with Gasteiger partial charge in [-0.25, -0.2) is 4.79 Å². The van der Waals surface area contributed by atoms with Gasteiger partial charge in [-0.15, -0.1) is 0 Å². The Balaban J connectivity index is 1.46. The number of hydrogen-bond donors (Lipinski definition) is 0. The van der Waals surface area contributed by atoms with E-state index in [-0.39, 0.29) is 40.5 Å². The number of anilines is 1. The fourth-order valence-electron chi connectivity index (χ4n) is 4.51. The van der Waals surface area contributed by atoms with Gasteiger partial charge in [-0.3, -0.25) is 29.4 Å².